The van der Waals surface area contributed by atoms with E-state index in [4.69, 9.17) is 17.0 Å². The van der Waals surface area contributed by atoms with E-state index in [0.717, 1.165) is 12.0 Å². The number of hydrogen-bond acceptors (Lipinski definition) is 3. The number of carbonyl (C=O) groups is 1. The summed E-state index contributed by atoms with van der Waals surface area (Å²) < 4.78 is 4.74. The van der Waals surface area contributed by atoms with E-state index in [0.29, 0.717) is 11.6 Å². The van der Waals surface area contributed by atoms with E-state index < -0.39 is 6.09 Å². The smallest absolute Gasteiger partial charge is 0.412 e. The van der Waals surface area contributed by atoms with Crippen LogP contribution in [0, 0.1) is 0 Å². The summed E-state index contributed by atoms with van der Waals surface area (Å²) in [5.41, 5.74) is 2.06. The van der Waals surface area contributed by atoms with Crippen LogP contribution < -0.4 is 5.32 Å². The molecule has 0 heterocycles. The highest BCUT2D eigenvalue weighted by atomic mass is 32.1. The number of hydrogen-bond donors (Lipinski definition) is 1. The maximum atomic E-state index is 11.1. The molecule has 1 rings (SSSR count). The van der Waals surface area contributed by atoms with Gasteiger partial charge in [0.25, 0.3) is 0 Å². The van der Waals surface area contributed by atoms with Gasteiger partial charge in [-0.05, 0) is 18.9 Å². The number of ether oxygens (including phenoxy) is 1. The first-order valence-electron chi connectivity index (χ1n) is 5.24. The van der Waals surface area contributed by atoms with Crippen LogP contribution in [0.3, 0.4) is 0 Å². The van der Waals surface area contributed by atoms with E-state index in [1.807, 2.05) is 24.3 Å². The number of benzene rings is 1. The van der Waals surface area contributed by atoms with Gasteiger partial charge in [0.1, 0.15) is 4.99 Å². The second-order valence-corrected chi connectivity index (χ2v) is 3.63. The Kier molecular flexibility index (Phi) is 4.92. The third-order valence-electron chi connectivity index (χ3n) is 2.12. The maximum absolute atomic E-state index is 11.1. The van der Waals surface area contributed by atoms with Crippen LogP contribution in [-0.4, -0.2) is 17.7 Å². The van der Waals surface area contributed by atoms with Gasteiger partial charge in [-0.2, -0.15) is 0 Å². The molecule has 0 saturated carbocycles. The third-order valence-corrected chi connectivity index (χ3v) is 2.45. The number of aryl methyl sites for hydroxylation is 1. The molecule has 3 nitrogen and oxygen atoms in total. The molecule has 1 aromatic carbocycles. The predicted octanol–water partition coefficient (Wildman–Crippen LogP) is 2.67. The summed E-state index contributed by atoms with van der Waals surface area (Å²) in [5, 5.41) is 2.50. The Labute approximate surface area is 101 Å². The summed E-state index contributed by atoms with van der Waals surface area (Å²) in [7, 11) is 0. The zero-order valence-electron chi connectivity index (χ0n) is 9.45. The average molecular weight is 237 g/mol. The fourth-order valence-electron chi connectivity index (χ4n) is 1.22. The van der Waals surface area contributed by atoms with E-state index in [9.17, 15) is 4.79 Å². The van der Waals surface area contributed by atoms with Crippen LogP contribution in [0.2, 0.25) is 0 Å². The zero-order valence-corrected chi connectivity index (χ0v) is 10.3. The molecule has 4 heteroatoms. The van der Waals surface area contributed by atoms with Gasteiger partial charge in [0.2, 0.25) is 0 Å². The van der Waals surface area contributed by atoms with Crippen LogP contribution in [0.1, 0.15) is 25.0 Å². The molecule has 16 heavy (non-hydrogen) atoms. The molecule has 0 fully saturated rings. The number of nitrogens with one attached hydrogen (secondary N) is 1. The van der Waals surface area contributed by atoms with Crippen LogP contribution >= 0.6 is 12.2 Å². The SMILES string of the molecule is CCOC(=O)NC(=S)c1ccc(CC)cc1. The summed E-state index contributed by atoms with van der Waals surface area (Å²) in [6.07, 6.45) is 0.477. The van der Waals surface area contributed by atoms with Crippen LogP contribution in [-0.2, 0) is 11.2 Å². The zero-order chi connectivity index (χ0) is 12.0. The van der Waals surface area contributed by atoms with Gasteiger partial charge in [-0.3, -0.25) is 5.32 Å². The van der Waals surface area contributed by atoms with Crippen molar-refractivity contribution in [2.45, 2.75) is 20.3 Å². The van der Waals surface area contributed by atoms with Crippen molar-refractivity contribution in [1.82, 2.24) is 5.32 Å². The number of carbonyl (C=O) groups excluding carboxylic acids is 1. The van der Waals surface area contributed by atoms with E-state index in [-0.39, 0.29) is 0 Å². The lowest BCUT2D eigenvalue weighted by Gasteiger charge is -2.07. The van der Waals surface area contributed by atoms with Crippen LogP contribution in [0.4, 0.5) is 4.79 Å². The Balaban J connectivity index is 2.62. The highest BCUT2D eigenvalue weighted by molar-refractivity contribution is 7.80. The Morgan fingerprint density at radius 3 is 2.44 bits per heavy atom. The highest BCUT2D eigenvalue weighted by Crippen LogP contribution is 2.05. The minimum absolute atomic E-state index is 0.337. The molecular weight excluding hydrogens is 222 g/mol. The average Bonchev–Trinajstić information content (AvgIpc) is 2.29. The van der Waals surface area contributed by atoms with Gasteiger partial charge >= 0.3 is 6.09 Å². The van der Waals surface area contributed by atoms with Crippen molar-refractivity contribution in [3.63, 3.8) is 0 Å². The lowest BCUT2D eigenvalue weighted by atomic mass is 10.1. The first-order chi connectivity index (χ1) is 7.67. The van der Waals surface area contributed by atoms with Gasteiger partial charge in [-0.1, -0.05) is 43.4 Å². The topological polar surface area (TPSA) is 38.3 Å². The first-order valence-corrected chi connectivity index (χ1v) is 5.65. The number of rotatable bonds is 3. The first kappa shape index (κ1) is 12.6. The molecule has 1 N–H and O–H groups in total. The molecule has 1 aromatic rings. The van der Waals surface area contributed by atoms with Crippen molar-refractivity contribution >= 4 is 23.3 Å². The van der Waals surface area contributed by atoms with Gasteiger partial charge in [-0.15, -0.1) is 0 Å². The summed E-state index contributed by atoms with van der Waals surface area (Å²) in [6, 6.07) is 7.78. The second kappa shape index (κ2) is 6.23. The highest BCUT2D eigenvalue weighted by Gasteiger charge is 2.06. The Bertz CT molecular complexity index is 373. The van der Waals surface area contributed by atoms with E-state index in [2.05, 4.69) is 12.2 Å². The fourth-order valence-corrected chi connectivity index (χ4v) is 1.44. The Morgan fingerprint density at radius 1 is 1.31 bits per heavy atom. The summed E-state index contributed by atoms with van der Waals surface area (Å²) in [6.45, 7) is 4.17. The lowest BCUT2D eigenvalue weighted by molar-refractivity contribution is 0.158. The third kappa shape index (κ3) is 3.62. The molecule has 0 bridgehead atoms. The minimum atomic E-state index is -0.507. The van der Waals surface area contributed by atoms with Crippen molar-refractivity contribution in [2.75, 3.05) is 6.61 Å². The molecule has 0 aliphatic carbocycles. The quantitative estimate of drug-likeness (QED) is 0.821. The molecule has 0 saturated heterocycles. The number of thiocarbonyl (C=S) groups is 1. The van der Waals surface area contributed by atoms with Gasteiger partial charge < -0.3 is 4.74 Å². The summed E-state index contributed by atoms with van der Waals surface area (Å²) in [5.74, 6) is 0. The fraction of sp³-hybridized carbons (Fsp3) is 0.333. The molecule has 0 atom stereocenters. The normalized spacial score (nSPS) is 9.62. The van der Waals surface area contributed by atoms with Gasteiger partial charge in [0.15, 0.2) is 0 Å². The molecule has 1 amide bonds. The summed E-state index contributed by atoms with van der Waals surface area (Å²) in [4.78, 5) is 11.5. The van der Waals surface area contributed by atoms with Crippen molar-refractivity contribution in [3.8, 4) is 0 Å². The molecule has 0 radical (unpaired) electrons. The van der Waals surface area contributed by atoms with Gasteiger partial charge in [-0.25, -0.2) is 4.79 Å². The van der Waals surface area contributed by atoms with E-state index >= 15 is 0 Å². The van der Waals surface area contributed by atoms with Crippen molar-refractivity contribution in [3.05, 3.63) is 35.4 Å². The van der Waals surface area contributed by atoms with Crippen LogP contribution in [0.25, 0.3) is 0 Å². The Hall–Kier alpha value is -1.42. The number of alkyl carbamates (subject to hydrolysis) is 1. The molecular formula is C12H15NO2S. The van der Waals surface area contributed by atoms with Gasteiger partial charge in [0, 0.05) is 5.56 Å². The largest absolute Gasteiger partial charge is 0.450 e. The summed E-state index contributed by atoms with van der Waals surface area (Å²) >= 11 is 5.08. The lowest BCUT2D eigenvalue weighted by Crippen LogP contribution is -2.30. The number of amides is 1. The van der Waals surface area contributed by atoms with E-state index in [1.165, 1.54) is 5.56 Å². The molecule has 0 aliphatic rings. The van der Waals surface area contributed by atoms with Crippen molar-refractivity contribution in [2.24, 2.45) is 0 Å². The van der Waals surface area contributed by atoms with Crippen LogP contribution in [0.5, 0.6) is 0 Å². The minimum Gasteiger partial charge on any atom is -0.450 e. The molecule has 0 aromatic heterocycles. The molecule has 0 aliphatic heterocycles. The molecule has 0 unspecified atom stereocenters. The standard InChI is InChI=1S/C12H15NO2S/c1-3-9-5-7-10(8-6-9)11(16)13-12(14)15-4-2/h5-8H,3-4H2,1-2H3,(H,13,14,16). The van der Waals surface area contributed by atoms with Crippen molar-refractivity contribution < 1.29 is 9.53 Å². The van der Waals surface area contributed by atoms with Crippen molar-refractivity contribution in [1.29, 1.82) is 0 Å². The molecule has 0 spiro atoms. The predicted molar refractivity (Wildman–Crippen MR) is 67.7 cm³/mol. The maximum Gasteiger partial charge on any atom is 0.412 e. The van der Waals surface area contributed by atoms with Crippen LogP contribution in [0.15, 0.2) is 24.3 Å². The molecule has 86 valence electrons. The Morgan fingerprint density at radius 2 is 1.94 bits per heavy atom. The second-order valence-electron chi connectivity index (χ2n) is 3.23. The monoisotopic (exact) mass is 237 g/mol. The van der Waals surface area contributed by atoms with Gasteiger partial charge in [0.05, 0.1) is 6.61 Å². The van der Waals surface area contributed by atoms with E-state index in [1.54, 1.807) is 6.92 Å².